The van der Waals surface area contributed by atoms with Crippen molar-refractivity contribution in [2.75, 3.05) is 18.9 Å². The summed E-state index contributed by atoms with van der Waals surface area (Å²) >= 11 is 0. The van der Waals surface area contributed by atoms with E-state index in [1.807, 2.05) is 0 Å². The second-order valence-electron chi connectivity index (χ2n) is 5.58. The number of nitrogens with zero attached hydrogens (tertiary/aromatic N) is 2. The third-order valence-electron chi connectivity index (χ3n) is 4.02. The lowest BCUT2D eigenvalue weighted by Crippen LogP contribution is -2.33. The number of aromatic nitrogens is 2. The smallest absolute Gasteiger partial charge is 0.272 e. The van der Waals surface area contributed by atoms with Gasteiger partial charge in [-0.05, 0) is 12.8 Å². The highest BCUT2D eigenvalue weighted by Crippen LogP contribution is 2.23. The molecule has 1 aromatic heterocycles. The first kappa shape index (κ1) is 14.5. The fraction of sp³-hybridized carbons (Fsp3) is 0.692. The van der Waals surface area contributed by atoms with Gasteiger partial charge in [0.2, 0.25) is 0 Å². The molecule has 1 N–H and O–H groups in total. The first-order valence-corrected chi connectivity index (χ1v) is 8.93. The Morgan fingerprint density at radius 3 is 3.05 bits per heavy atom. The summed E-state index contributed by atoms with van der Waals surface area (Å²) < 4.78 is 30.6. The maximum atomic E-state index is 12.3. The van der Waals surface area contributed by atoms with E-state index < -0.39 is 9.84 Å². The minimum Gasteiger partial charge on any atom is -0.376 e. The first-order valence-electron chi connectivity index (χ1n) is 7.11. The number of carbonyl (C=O) groups excluding carboxylic acids is 1. The van der Waals surface area contributed by atoms with Gasteiger partial charge in [-0.25, -0.2) is 8.42 Å². The van der Waals surface area contributed by atoms with Crippen molar-refractivity contribution >= 4 is 15.7 Å². The summed E-state index contributed by atoms with van der Waals surface area (Å²) in [5.41, 5.74) is 1.62. The van der Waals surface area contributed by atoms with E-state index in [9.17, 15) is 13.2 Å². The zero-order valence-corrected chi connectivity index (χ0v) is 12.8. The monoisotopic (exact) mass is 313 g/mol. The number of ether oxygens (including phenoxy) is 1. The van der Waals surface area contributed by atoms with Crippen LogP contribution in [0.3, 0.4) is 0 Å². The van der Waals surface area contributed by atoms with Crippen molar-refractivity contribution in [1.29, 1.82) is 0 Å². The zero-order chi connectivity index (χ0) is 15.0. The van der Waals surface area contributed by atoms with Gasteiger partial charge in [-0.2, -0.15) is 5.10 Å². The number of aryl methyl sites for hydroxylation is 1. The Morgan fingerprint density at radius 2 is 2.33 bits per heavy atom. The van der Waals surface area contributed by atoms with Gasteiger partial charge < -0.3 is 10.1 Å². The normalized spacial score (nSPS) is 23.8. The van der Waals surface area contributed by atoms with Crippen LogP contribution in [-0.2, 0) is 33.8 Å². The van der Waals surface area contributed by atoms with E-state index in [1.165, 1.54) is 0 Å². The van der Waals surface area contributed by atoms with Crippen LogP contribution in [0.4, 0.5) is 0 Å². The molecule has 8 heteroatoms. The Morgan fingerprint density at radius 1 is 1.52 bits per heavy atom. The topological polar surface area (TPSA) is 90.3 Å². The van der Waals surface area contributed by atoms with Gasteiger partial charge in [0.25, 0.3) is 5.91 Å². The Labute approximate surface area is 123 Å². The highest BCUT2D eigenvalue weighted by Gasteiger charge is 2.30. The maximum absolute atomic E-state index is 12.3. The molecule has 7 nitrogen and oxygen atoms in total. The zero-order valence-electron chi connectivity index (χ0n) is 12.0. The van der Waals surface area contributed by atoms with Gasteiger partial charge in [-0.15, -0.1) is 0 Å². The molecule has 1 amide bonds. The molecule has 21 heavy (non-hydrogen) atoms. The Kier molecular flexibility index (Phi) is 3.75. The van der Waals surface area contributed by atoms with Crippen LogP contribution in [0, 0.1) is 0 Å². The van der Waals surface area contributed by atoms with Crippen LogP contribution in [-0.4, -0.2) is 49.1 Å². The summed E-state index contributed by atoms with van der Waals surface area (Å²) in [4.78, 5) is 12.3. The van der Waals surface area contributed by atoms with E-state index in [1.54, 1.807) is 11.7 Å². The predicted octanol–water partition coefficient (Wildman–Crippen LogP) is -0.200. The molecule has 1 fully saturated rings. The van der Waals surface area contributed by atoms with Crippen LogP contribution in [0.5, 0.6) is 0 Å². The number of amides is 1. The SMILES string of the molecule is Cn1nc(C(=O)NCC2CCCO2)c2c1CCS(=O)(=O)C2. The lowest BCUT2D eigenvalue weighted by molar-refractivity contribution is 0.0852. The molecule has 116 valence electrons. The van der Waals surface area contributed by atoms with E-state index in [-0.39, 0.29) is 29.2 Å². The molecular formula is C13H19N3O4S. The summed E-state index contributed by atoms with van der Waals surface area (Å²) in [7, 11) is -1.38. The molecule has 3 rings (SSSR count). The summed E-state index contributed by atoms with van der Waals surface area (Å²) in [6.45, 7) is 1.18. The van der Waals surface area contributed by atoms with E-state index in [0.717, 1.165) is 25.1 Å². The standard InChI is InChI=1S/C13H19N3O4S/c1-16-11-4-6-21(18,19)8-10(11)12(15-16)13(17)14-7-9-3-2-5-20-9/h9H,2-8H2,1H3,(H,14,17). The number of rotatable bonds is 3. The molecule has 0 aromatic carbocycles. The largest absolute Gasteiger partial charge is 0.376 e. The van der Waals surface area contributed by atoms with Gasteiger partial charge in [0, 0.05) is 37.9 Å². The van der Waals surface area contributed by atoms with Crippen LogP contribution in [0.1, 0.15) is 34.6 Å². The summed E-state index contributed by atoms with van der Waals surface area (Å²) in [5.74, 6) is -0.297. The Hall–Kier alpha value is -1.41. The van der Waals surface area contributed by atoms with Crippen molar-refractivity contribution in [1.82, 2.24) is 15.1 Å². The van der Waals surface area contributed by atoms with Gasteiger partial charge in [-0.3, -0.25) is 9.48 Å². The molecule has 0 bridgehead atoms. The van der Waals surface area contributed by atoms with E-state index >= 15 is 0 Å². The highest BCUT2D eigenvalue weighted by molar-refractivity contribution is 7.90. The van der Waals surface area contributed by atoms with Crippen molar-refractivity contribution in [3.8, 4) is 0 Å². The predicted molar refractivity (Wildman–Crippen MR) is 75.7 cm³/mol. The number of fused-ring (bicyclic) bond motifs is 1. The average Bonchev–Trinajstić information content (AvgIpc) is 3.03. The number of nitrogens with one attached hydrogen (secondary N) is 1. The third kappa shape index (κ3) is 2.96. The third-order valence-corrected chi connectivity index (χ3v) is 5.57. The fourth-order valence-corrected chi connectivity index (χ4v) is 4.28. The van der Waals surface area contributed by atoms with Gasteiger partial charge >= 0.3 is 0 Å². The number of hydrogen-bond acceptors (Lipinski definition) is 5. The minimum absolute atomic E-state index is 0.0530. The molecule has 2 aliphatic heterocycles. The Balaban J connectivity index is 1.77. The molecule has 0 radical (unpaired) electrons. The quantitative estimate of drug-likeness (QED) is 0.834. The van der Waals surface area contributed by atoms with E-state index in [2.05, 4.69) is 10.4 Å². The average molecular weight is 313 g/mol. The van der Waals surface area contributed by atoms with Crippen molar-refractivity contribution in [2.24, 2.45) is 7.05 Å². The molecule has 0 spiro atoms. The van der Waals surface area contributed by atoms with Crippen LogP contribution in [0.25, 0.3) is 0 Å². The van der Waals surface area contributed by atoms with Crippen LogP contribution >= 0.6 is 0 Å². The molecule has 1 saturated heterocycles. The number of sulfone groups is 1. The molecule has 1 atom stereocenters. The molecule has 0 saturated carbocycles. The summed E-state index contributed by atoms with van der Waals surface area (Å²) in [6.07, 6.45) is 2.42. The lowest BCUT2D eigenvalue weighted by Gasteiger charge is -2.14. The maximum Gasteiger partial charge on any atom is 0.272 e. The number of carbonyl (C=O) groups is 1. The highest BCUT2D eigenvalue weighted by atomic mass is 32.2. The van der Waals surface area contributed by atoms with Gasteiger partial charge in [0.05, 0.1) is 17.6 Å². The van der Waals surface area contributed by atoms with Crippen molar-refractivity contribution in [2.45, 2.75) is 31.1 Å². The molecule has 0 aliphatic carbocycles. The summed E-state index contributed by atoms with van der Waals surface area (Å²) in [5, 5.41) is 7.00. The van der Waals surface area contributed by atoms with E-state index in [4.69, 9.17) is 4.74 Å². The molecule has 3 heterocycles. The van der Waals surface area contributed by atoms with Gasteiger partial charge in [0.1, 0.15) is 0 Å². The second-order valence-corrected chi connectivity index (χ2v) is 7.77. The van der Waals surface area contributed by atoms with Gasteiger partial charge in [0.15, 0.2) is 15.5 Å². The van der Waals surface area contributed by atoms with Crippen LogP contribution in [0.2, 0.25) is 0 Å². The summed E-state index contributed by atoms with van der Waals surface area (Å²) in [6, 6.07) is 0. The fourth-order valence-electron chi connectivity index (χ4n) is 2.89. The number of hydrogen-bond donors (Lipinski definition) is 1. The Bertz CT molecular complexity index is 659. The van der Waals surface area contributed by atoms with Crippen LogP contribution < -0.4 is 5.32 Å². The van der Waals surface area contributed by atoms with Gasteiger partial charge in [-0.1, -0.05) is 0 Å². The second kappa shape index (κ2) is 5.42. The molecule has 1 unspecified atom stereocenters. The van der Waals surface area contributed by atoms with Crippen molar-refractivity contribution in [3.05, 3.63) is 17.0 Å². The van der Waals surface area contributed by atoms with Crippen molar-refractivity contribution < 1.29 is 17.9 Å². The van der Waals surface area contributed by atoms with Crippen molar-refractivity contribution in [3.63, 3.8) is 0 Å². The minimum atomic E-state index is -3.13. The molecular weight excluding hydrogens is 294 g/mol. The first-order chi connectivity index (χ1) is 9.96. The lowest BCUT2D eigenvalue weighted by atomic mass is 10.1. The van der Waals surface area contributed by atoms with Crippen LogP contribution in [0.15, 0.2) is 0 Å². The molecule has 1 aromatic rings. The molecule has 2 aliphatic rings. The van der Waals surface area contributed by atoms with E-state index in [0.29, 0.717) is 18.5 Å².